The van der Waals surface area contributed by atoms with E-state index in [0.717, 1.165) is 12.1 Å². The number of nitrogens with zero attached hydrogens (tertiary/aromatic N) is 1. The highest BCUT2D eigenvalue weighted by molar-refractivity contribution is 5.62. The average molecular weight is 256 g/mol. The fourth-order valence-electron chi connectivity index (χ4n) is 1.42. The normalized spacial score (nSPS) is 11.6. The van der Waals surface area contributed by atoms with Crippen LogP contribution < -0.4 is 5.73 Å². The first kappa shape index (κ1) is 12.3. The molecule has 2 aromatic rings. The van der Waals surface area contributed by atoms with Crippen LogP contribution in [0.3, 0.4) is 0 Å². The molecule has 2 nitrogen and oxygen atoms in total. The Labute approximate surface area is 100 Å². The van der Waals surface area contributed by atoms with Crippen molar-refractivity contribution in [1.29, 1.82) is 0 Å². The second-order valence-corrected chi connectivity index (χ2v) is 3.67. The Hall–Kier alpha value is -2.11. The summed E-state index contributed by atoms with van der Waals surface area (Å²) in [5.41, 5.74) is 5.06. The third-order valence-corrected chi connectivity index (χ3v) is 2.39. The molecule has 0 atom stereocenters. The predicted molar refractivity (Wildman–Crippen MR) is 59.0 cm³/mol. The SMILES string of the molecule is Nc1ccc(-c2ccc(C(F)(F)F)cn2)cc1F. The van der Waals surface area contributed by atoms with Crippen molar-refractivity contribution in [2.45, 2.75) is 6.18 Å². The number of alkyl halides is 3. The van der Waals surface area contributed by atoms with Crippen molar-refractivity contribution in [3.63, 3.8) is 0 Å². The van der Waals surface area contributed by atoms with Crippen LogP contribution in [-0.2, 0) is 6.18 Å². The Morgan fingerprint density at radius 2 is 1.78 bits per heavy atom. The monoisotopic (exact) mass is 256 g/mol. The van der Waals surface area contributed by atoms with Crippen molar-refractivity contribution in [3.05, 3.63) is 47.9 Å². The van der Waals surface area contributed by atoms with Crippen molar-refractivity contribution in [2.24, 2.45) is 0 Å². The minimum absolute atomic E-state index is 0.0225. The molecular formula is C12H8F4N2. The van der Waals surface area contributed by atoms with Gasteiger partial charge in [0.2, 0.25) is 0 Å². The number of nitrogens with two attached hydrogens (primary N) is 1. The lowest BCUT2D eigenvalue weighted by Gasteiger charge is -2.07. The first-order valence-electron chi connectivity index (χ1n) is 4.96. The second kappa shape index (κ2) is 4.29. The van der Waals surface area contributed by atoms with Crippen molar-refractivity contribution in [1.82, 2.24) is 4.98 Å². The summed E-state index contributed by atoms with van der Waals surface area (Å²) < 4.78 is 50.2. The van der Waals surface area contributed by atoms with Crippen LogP contribution in [0.25, 0.3) is 11.3 Å². The van der Waals surface area contributed by atoms with Crippen LogP contribution >= 0.6 is 0 Å². The van der Waals surface area contributed by atoms with Crippen LogP contribution in [0.5, 0.6) is 0 Å². The van der Waals surface area contributed by atoms with E-state index in [0.29, 0.717) is 11.8 Å². The number of nitrogen functional groups attached to an aromatic ring is 1. The second-order valence-electron chi connectivity index (χ2n) is 3.67. The molecule has 0 amide bonds. The minimum Gasteiger partial charge on any atom is -0.396 e. The molecule has 0 aliphatic heterocycles. The summed E-state index contributed by atoms with van der Waals surface area (Å²) in [6.45, 7) is 0. The number of pyridine rings is 1. The molecule has 0 bridgehead atoms. The summed E-state index contributed by atoms with van der Waals surface area (Å²) >= 11 is 0. The Kier molecular flexibility index (Phi) is 2.94. The van der Waals surface area contributed by atoms with E-state index in [2.05, 4.69) is 4.98 Å². The van der Waals surface area contributed by atoms with E-state index in [1.807, 2.05) is 0 Å². The number of benzene rings is 1. The van der Waals surface area contributed by atoms with Crippen LogP contribution in [0.4, 0.5) is 23.2 Å². The van der Waals surface area contributed by atoms with E-state index in [4.69, 9.17) is 5.73 Å². The van der Waals surface area contributed by atoms with Gasteiger partial charge in [-0.25, -0.2) is 4.39 Å². The molecule has 2 N–H and O–H groups in total. The highest BCUT2D eigenvalue weighted by Gasteiger charge is 2.30. The first-order valence-corrected chi connectivity index (χ1v) is 4.96. The minimum atomic E-state index is -4.43. The molecule has 0 unspecified atom stereocenters. The van der Waals surface area contributed by atoms with Crippen molar-refractivity contribution >= 4 is 5.69 Å². The molecule has 0 saturated heterocycles. The molecule has 94 valence electrons. The van der Waals surface area contributed by atoms with E-state index in [1.165, 1.54) is 18.2 Å². The molecule has 18 heavy (non-hydrogen) atoms. The highest BCUT2D eigenvalue weighted by atomic mass is 19.4. The summed E-state index contributed by atoms with van der Waals surface area (Å²) in [5, 5.41) is 0. The Morgan fingerprint density at radius 1 is 1.06 bits per heavy atom. The first-order chi connectivity index (χ1) is 8.38. The smallest absolute Gasteiger partial charge is 0.396 e. The van der Waals surface area contributed by atoms with Crippen LogP contribution in [0.2, 0.25) is 0 Å². The molecule has 0 spiro atoms. The maximum atomic E-state index is 13.2. The number of hydrogen-bond donors (Lipinski definition) is 1. The molecule has 0 fully saturated rings. The third kappa shape index (κ3) is 2.42. The summed E-state index contributed by atoms with van der Waals surface area (Å²) in [6.07, 6.45) is -3.72. The van der Waals surface area contributed by atoms with E-state index < -0.39 is 17.6 Å². The van der Waals surface area contributed by atoms with Crippen molar-refractivity contribution in [3.8, 4) is 11.3 Å². The lowest BCUT2D eigenvalue weighted by Crippen LogP contribution is -2.05. The average Bonchev–Trinajstić information content (AvgIpc) is 2.32. The van der Waals surface area contributed by atoms with Crippen LogP contribution in [0.1, 0.15) is 5.56 Å². The van der Waals surface area contributed by atoms with E-state index >= 15 is 0 Å². The molecule has 0 saturated carbocycles. The van der Waals surface area contributed by atoms with E-state index in [1.54, 1.807) is 0 Å². The van der Waals surface area contributed by atoms with Gasteiger partial charge in [0.25, 0.3) is 0 Å². The number of anilines is 1. The molecular weight excluding hydrogens is 248 g/mol. The molecule has 1 aromatic heterocycles. The topological polar surface area (TPSA) is 38.9 Å². The molecule has 0 aliphatic rings. The number of rotatable bonds is 1. The zero-order valence-electron chi connectivity index (χ0n) is 9.00. The van der Waals surface area contributed by atoms with Gasteiger partial charge in [0.05, 0.1) is 16.9 Å². The van der Waals surface area contributed by atoms with Gasteiger partial charge in [-0.1, -0.05) is 6.07 Å². The zero-order valence-corrected chi connectivity index (χ0v) is 9.00. The third-order valence-electron chi connectivity index (χ3n) is 2.39. The lowest BCUT2D eigenvalue weighted by atomic mass is 10.1. The fraction of sp³-hybridized carbons (Fsp3) is 0.0833. The van der Waals surface area contributed by atoms with Crippen LogP contribution in [0, 0.1) is 5.82 Å². The van der Waals surface area contributed by atoms with Gasteiger partial charge in [-0.15, -0.1) is 0 Å². The molecule has 2 rings (SSSR count). The summed E-state index contributed by atoms with van der Waals surface area (Å²) in [5.74, 6) is -0.630. The van der Waals surface area contributed by atoms with Gasteiger partial charge in [-0.05, 0) is 24.3 Å². The Morgan fingerprint density at radius 3 is 2.28 bits per heavy atom. The maximum absolute atomic E-state index is 13.2. The van der Waals surface area contributed by atoms with Crippen molar-refractivity contribution in [2.75, 3.05) is 5.73 Å². The summed E-state index contributed by atoms with van der Waals surface area (Å²) in [7, 11) is 0. The van der Waals surface area contributed by atoms with Gasteiger partial charge in [0, 0.05) is 11.8 Å². The number of aromatic nitrogens is 1. The maximum Gasteiger partial charge on any atom is 0.417 e. The van der Waals surface area contributed by atoms with Gasteiger partial charge in [-0.2, -0.15) is 13.2 Å². The lowest BCUT2D eigenvalue weighted by molar-refractivity contribution is -0.137. The molecule has 1 heterocycles. The van der Waals surface area contributed by atoms with E-state index in [-0.39, 0.29) is 11.4 Å². The summed E-state index contributed by atoms with van der Waals surface area (Å²) in [4.78, 5) is 3.66. The molecule has 1 aromatic carbocycles. The van der Waals surface area contributed by atoms with Crippen LogP contribution in [0.15, 0.2) is 36.5 Å². The fourth-order valence-corrected chi connectivity index (χ4v) is 1.42. The summed E-state index contributed by atoms with van der Waals surface area (Å²) in [6, 6.07) is 6.05. The standard InChI is InChI=1S/C12H8F4N2/c13-9-5-7(1-3-10(9)17)11-4-2-8(6-18-11)12(14,15)16/h1-6H,17H2. The molecule has 0 aliphatic carbocycles. The predicted octanol–water partition coefficient (Wildman–Crippen LogP) is 3.49. The van der Waals surface area contributed by atoms with Gasteiger partial charge in [0.1, 0.15) is 5.82 Å². The number of hydrogen-bond acceptors (Lipinski definition) is 2. The van der Waals surface area contributed by atoms with Gasteiger partial charge in [0.15, 0.2) is 0 Å². The highest BCUT2D eigenvalue weighted by Crippen LogP contribution is 2.30. The zero-order chi connectivity index (χ0) is 13.3. The van der Waals surface area contributed by atoms with E-state index in [9.17, 15) is 17.6 Å². The Balaban J connectivity index is 2.37. The van der Waals surface area contributed by atoms with Gasteiger partial charge >= 0.3 is 6.18 Å². The van der Waals surface area contributed by atoms with Gasteiger partial charge < -0.3 is 5.73 Å². The molecule has 6 heteroatoms. The quantitative estimate of drug-likeness (QED) is 0.626. The van der Waals surface area contributed by atoms with Gasteiger partial charge in [-0.3, -0.25) is 4.98 Å². The largest absolute Gasteiger partial charge is 0.417 e. The number of halogens is 4. The van der Waals surface area contributed by atoms with Crippen LogP contribution in [-0.4, -0.2) is 4.98 Å². The van der Waals surface area contributed by atoms with Crippen molar-refractivity contribution < 1.29 is 17.6 Å². The Bertz CT molecular complexity index is 561. The molecule has 0 radical (unpaired) electrons.